The molecule has 1 unspecified atom stereocenters. The summed E-state index contributed by atoms with van der Waals surface area (Å²) < 4.78 is 7.66. The minimum atomic E-state index is 0.375. The van der Waals surface area contributed by atoms with Crippen LogP contribution in [-0.4, -0.2) is 46.9 Å². The highest BCUT2D eigenvalue weighted by Gasteiger charge is 2.22. The number of hydrogen-bond donors (Lipinski definition) is 1. The monoisotopic (exact) mass is 301 g/mol. The van der Waals surface area contributed by atoms with Gasteiger partial charge in [-0.1, -0.05) is 12.1 Å². The van der Waals surface area contributed by atoms with Crippen molar-refractivity contribution in [3.05, 3.63) is 35.7 Å². The van der Waals surface area contributed by atoms with Crippen molar-refractivity contribution in [2.75, 3.05) is 33.0 Å². The zero-order valence-corrected chi connectivity index (χ0v) is 13.2. The van der Waals surface area contributed by atoms with E-state index in [1.165, 1.54) is 5.56 Å². The number of ether oxygens (including phenoxy) is 1. The molecule has 0 radical (unpaired) electrons. The summed E-state index contributed by atoms with van der Waals surface area (Å²) in [5.74, 6) is 2.76. The van der Waals surface area contributed by atoms with E-state index >= 15 is 0 Å². The van der Waals surface area contributed by atoms with Gasteiger partial charge in [0.05, 0.1) is 0 Å². The van der Waals surface area contributed by atoms with Gasteiger partial charge in [0.25, 0.3) is 0 Å². The van der Waals surface area contributed by atoms with Crippen molar-refractivity contribution in [3.63, 3.8) is 0 Å². The zero-order chi connectivity index (χ0) is 15.5. The lowest BCUT2D eigenvalue weighted by Gasteiger charge is -2.22. The maximum atomic E-state index is 5.73. The minimum absolute atomic E-state index is 0.375. The van der Waals surface area contributed by atoms with Gasteiger partial charge in [-0.15, -0.1) is 5.10 Å². The molecule has 1 atom stereocenters. The van der Waals surface area contributed by atoms with Gasteiger partial charge < -0.3 is 15.4 Å². The second-order valence-corrected chi connectivity index (χ2v) is 6.02. The maximum absolute atomic E-state index is 5.73. The first-order valence-corrected chi connectivity index (χ1v) is 7.68. The molecule has 118 valence electrons. The van der Waals surface area contributed by atoms with Gasteiger partial charge in [0.15, 0.2) is 0 Å². The molecule has 0 amide bonds. The first kappa shape index (κ1) is 14.8. The molecule has 0 saturated heterocycles. The van der Waals surface area contributed by atoms with Gasteiger partial charge in [-0.3, -0.25) is 0 Å². The number of nitrogens with zero attached hydrogens (tertiary/aromatic N) is 4. The predicted molar refractivity (Wildman–Crippen MR) is 86.0 cm³/mol. The van der Waals surface area contributed by atoms with Crippen LogP contribution >= 0.6 is 0 Å². The molecule has 22 heavy (non-hydrogen) atoms. The van der Waals surface area contributed by atoms with Crippen LogP contribution in [0.4, 0.5) is 5.95 Å². The average Bonchev–Trinajstić information content (AvgIpc) is 2.86. The topological polar surface area (TPSA) is 69.2 Å². The molecule has 2 N–H and O–H groups in total. The first-order chi connectivity index (χ1) is 10.6. The number of benzene rings is 1. The third-order valence-electron chi connectivity index (χ3n) is 4.04. The summed E-state index contributed by atoms with van der Waals surface area (Å²) >= 11 is 0. The fourth-order valence-corrected chi connectivity index (χ4v) is 2.79. The number of rotatable bonds is 5. The largest absolute Gasteiger partial charge is 0.492 e. The van der Waals surface area contributed by atoms with Crippen molar-refractivity contribution in [1.29, 1.82) is 0 Å². The number of aryl methyl sites for hydroxylation is 1. The fourth-order valence-electron chi connectivity index (χ4n) is 2.79. The van der Waals surface area contributed by atoms with Crippen LogP contribution in [0.3, 0.4) is 0 Å². The number of fused-ring (bicyclic) bond motifs is 1. The second kappa shape index (κ2) is 6.36. The highest BCUT2D eigenvalue weighted by atomic mass is 16.5. The van der Waals surface area contributed by atoms with Gasteiger partial charge in [-0.2, -0.15) is 4.98 Å². The molecule has 6 nitrogen and oxygen atoms in total. The highest BCUT2D eigenvalue weighted by Crippen LogP contribution is 2.29. The van der Waals surface area contributed by atoms with E-state index in [0.717, 1.165) is 37.5 Å². The van der Waals surface area contributed by atoms with Crippen LogP contribution < -0.4 is 10.5 Å². The van der Waals surface area contributed by atoms with E-state index in [2.05, 4.69) is 39.2 Å². The smallest absolute Gasteiger partial charge is 0.239 e. The van der Waals surface area contributed by atoms with E-state index in [1.54, 1.807) is 0 Å². The van der Waals surface area contributed by atoms with E-state index in [-0.39, 0.29) is 0 Å². The summed E-state index contributed by atoms with van der Waals surface area (Å²) in [4.78, 5) is 6.41. The summed E-state index contributed by atoms with van der Waals surface area (Å²) in [6.07, 6.45) is 1.96. The van der Waals surface area contributed by atoms with Crippen LogP contribution in [0, 0.1) is 0 Å². The summed E-state index contributed by atoms with van der Waals surface area (Å²) in [5, 5.41) is 4.20. The van der Waals surface area contributed by atoms with Crippen molar-refractivity contribution in [1.82, 2.24) is 19.7 Å². The Labute approximate surface area is 130 Å². The number of anilines is 1. The molecular weight excluding hydrogens is 278 g/mol. The van der Waals surface area contributed by atoms with Crippen LogP contribution in [0.15, 0.2) is 24.3 Å². The second-order valence-electron chi connectivity index (χ2n) is 6.02. The van der Waals surface area contributed by atoms with E-state index in [1.807, 2.05) is 18.8 Å². The van der Waals surface area contributed by atoms with Crippen LogP contribution in [-0.2, 0) is 13.0 Å². The number of nitrogens with two attached hydrogens (primary N) is 1. The molecule has 1 aromatic carbocycles. The van der Waals surface area contributed by atoms with Crippen molar-refractivity contribution in [2.45, 2.75) is 25.3 Å². The van der Waals surface area contributed by atoms with Crippen molar-refractivity contribution in [3.8, 4) is 5.75 Å². The Hall–Kier alpha value is -2.08. The van der Waals surface area contributed by atoms with Gasteiger partial charge in [-0.05, 0) is 44.1 Å². The van der Waals surface area contributed by atoms with E-state index < -0.39 is 0 Å². The van der Waals surface area contributed by atoms with Crippen molar-refractivity contribution < 1.29 is 4.74 Å². The van der Waals surface area contributed by atoms with Crippen LogP contribution in [0.2, 0.25) is 0 Å². The average molecular weight is 301 g/mol. The molecule has 0 fully saturated rings. The van der Waals surface area contributed by atoms with E-state index in [9.17, 15) is 0 Å². The van der Waals surface area contributed by atoms with Crippen LogP contribution in [0.25, 0.3) is 0 Å². The Morgan fingerprint density at radius 1 is 1.32 bits per heavy atom. The Morgan fingerprint density at radius 3 is 2.82 bits per heavy atom. The maximum Gasteiger partial charge on any atom is 0.239 e. The van der Waals surface area contributed by atoms with Gasteiger partial charge in [0.2, 0.25) is 5.95 Å². The zero-order valence-electron chi connectivity index (χ0n) is 13.2. The van der Waals surface area contributed by atoms with E-state index in [0.29, 0.717) is 18.5 Å². The number of likely N-dealkylation sites (N-methyl/N-ethyl adjacent to an activating group) is 1. The van der Waals surface area contributed by atoms with E-state index in [4.69, 9.17) is 10.5 Å². The summed E-state index contributed by atoms with van der Waals surface area (Å²) in [7, 11) is 4.09. The standard InChI is InChI=1S/C16H23N5O/c1-20(2)9-10-22-14-5-3-12(4-6-14)13-7-8-21-15(11-13)18-16(17)19-21/h3-6,13H,7-11H2,1-2H3,(H2,17,19). The number of hydrogen-bond acceptors (Lipinski definition) is 5. The first-order valence-electron chi connectivity index (χ1n) is 7.68. The SMILES string of the molecule is CN(C)CCOc1ccc(C2CCn3nc(N)nc3C2)cc1. The molecule has 6 heteroatoms. The lowest BCUT2D eigenvalue weighted by molar-refractivity contribution is 0.261. The minimum Gasteiger partial charge on any atom is -0.492 e. The van der Waals surface area contributed by atoms with Crippen molar-refractivity contribution in [2.24, 2.45) is 0 Å². The predicted octanol–water partition coefficient (Wildman–Crippen LogP) is 1.53. The summed E-state index contributed by atoms with van der Waals surface area (Å²) in [6.45, 7) is 2.50. The molecule has 0 bridgehead atoms. The normalized spacial score (nSPS) is 17.5. The Kier molecular flexibility index (Phi) is 4.29. The van der Waals surface area contributed by atoms with Crippen LogP contribution in [0.5, 0.6) is 5.75 Å². The Bertz CT molecular complexity index is 620. The summed E-state index contributed by atoms with van der Waals surface area (Å²) in [5.41, 5.74) is 6.99. The molecule has 2 heterocycles. The Morgan fingerprint density at radius 2 is 2.09 bits per heavy atom. The quantitative estimate of drug-likeness (QED) is 0.907. The molecule has 1 aromatic heterocycles. The molecular formula is C16H23N5O. The molecule has 2 aromatic rings. The molecule has 0 saturated carbocycles. The molecule has 0 aliphatic carbocycles. The molecule has 0 spiro atoms. The third-order valence-corrected chi connectivity index (χ3v) is 4.04. The molecule has 1 aliphatic rings. The van der Waals surface area contributed by atoms with Gasteiger partial charge in [0, 0.05) is 19.5 Å². The summed E-state index contributed by atoms with van der Waals surface area (Å²) in [6, 6.07) is 8.42. The molecule has 1 aliphatic heterocycles. The van der Waals surface area contributed by atoms with Crippen LogP contribution in [0.1, 0.15) is 23.7 Å². The third kappa shape index (κ3) is 3.39. The molecule has 3 rings (SSSR count). The number of nitrogen functional groups attached to an aromatic ring is 1. The van der Waals surface area contributed by atoms with Gasteiger partial charge >= 0.3 is 0 Å². The Balaban J connectivity index is 1.61. The fraction of sp³-hybridized carbons (Fsp3) is 0.500. The lowest BCUT2D eigenvalue weighted by atomic mass is 9.90. The lowest BCUT2D eigenvalue weighted by Crippen LogP contribution is -2.20. The number of aromatic nitrogens is 3. The van der Waals surface area contributed by atoms with Gasteiger partial charge in [-0.25, -0.2) is 4.68 Å². The van der Waals surface area contributed by atoms with Crippen molar-refractivity contribution >= 4 is 5.95 Å². The van der Waals surface area contributed by atoms with Gasteiger partial charge in [0.1, 0.15) is 18.2 Å². The highest BCUT2D eigenvalue weighted by molar-refractivity contribution is 5.30.